The van der Waals surface area contributed by atoms with Crippen molar-refractivity contribution in [3.05, 3.63) is 41.9 Å². The van der Waals surface area contributed by atoms with Crippen molar-refractivity contribution in [2.45, 2.75) is 26.2 Å². The van der Waals surface area contributed by atoms with Gasteiger partial charge in [0.25, 0.3) is 12.3 Å². The first kappa shape index (κ1) is 18.4. The first-order valence-electron chi connectivity index (χ1n) is 8.76. The Hall–Kier alpha value is -2.35. The molecule has 3 rings (SSSR count). The van der Waals surface area contributed by atoms with Gasteiger partial charge in [0.2, 0.25) is 0 Å². The van der Waals surface area contributed by atoms with Gasteiger partial charge in [-0.2, -0.15) is 5.10 Å². The number of carbonyl (C=O) groups excluding carboxylic acids is 1. The minimum atomic E-state index is -2.35. The summed E-state index contributed by atoms with van der Waals surface area (Å²) in [5.41, 5.74) is 1.36. The van der Waals surface area contributed by atoms with E-state index in [4.69, 9.17) is 0 Å². The lowest BCUT2D eigenvalue weighted by Gasteiger charge is -2.34. The smallest absolute Gasteiger partial charge is 0.257 e. The highest BCUT2D eigenvalue weighted by Gasteiger charge is 2.28. The fourth-order valence-corrected chi connectivity index (χ4v) is 3.24. The van der Waals surface area contributed by atoms with E-state index in [1.54, 1.807) is 26.9 Å². The van der Waals surface area contributed by atoms with Gasteiger partial charge in [-0.25, -0.2) is 18.4 Å². The van der Waals surface area contributed by atoms with E-state index in [1.165, 1.54) is 0 Å². The average molecular weight is 363 g/mol. The molecule has 2 aromatic heterocycles. The molecule has 1 amide bonds. The van der Waals surface area contributed by atoms with Crippen LogP contribution in [0.4, 0.5) is 8.78 Å². The molecule has 140 valence electrons. The molecule has 0 aromatic carbocycles. The van der Waals surface area contributed by atoms with E-state index in [2.05, 4.69) is 10.1 Å². The van der Waals surface area contributed by atoms with Crippen LogP contribution in [0.2, 0.25) is 0 Å². The van der Waals surface area contributed by atoms with E-state index in [9.17, 15) is 13.6 Å². The fourth-order valence-electron chi connectivity index (χ4n) is 3.24. The molecule has 1 aliphatic heterocycles. The monoisotopic (exact) mass is 363 g/mol. The molecular formula is C18H23F2N5O. The molecular weight excluding hydrogens is 340 g/mol. The minimum absolute atomic E-state index is 0.0820. The summed E-state index contributed by atoms with van der Waals surface area (Å²) in [4.78, 5) is 20.7. The maximum Gasteiger partial charge on any atom is 0.257 e. The lowest BCUT2D eigenvalue weighted by atomic mass is 10.0. The van der Waals surface area contributed by atoms with Crippen molar-refractivity contribution < 1.29 is 13.6 Å². The van der Waals surface area contributed by atoms with Gasteiger partial charge in [0.1, 0.15) is 0 Å². The predicted octanol–water partition coefficient (Wildman–Crippen LogP) is 2.41. The van der Waals surface area contributed by atoms with Gasteiger partial charge in [0.05, 0.1) is 24.0 Å². The summed E-state index contributed by atoms with van der Waals surface area (Å²) in [5, 5.41) is 4.37. The molecule has 8 heteroatoms. The Labute approximate surface area is 151 Å². The van der Waals surface area contributed by atoms with Crippen LogP contribution in [0.25, 0.3) is 5.82 Å². The topological polar surface area (TPSA) is 54.3 Å². The summed E-state index contributed by atoms with van der Waals surface area (Å²) in [5.74, 6) is 0.642. The summed E-state index contributed by atoms with van der Waals surface area (Å²) < 4.78 is 26.7. The van der Waals surface area contributed by atoms with Crippen LogP contribution in [0.5, 0.6) is 0 Å². The zero-order valence-electron chi connectivity index (χ0n) is 15.0. The summed E-state index contributed by atoms with van der Waals surface area (Å²) in [7, 11) is 0. The Kier molecular flexibility index (Phi) is 5.61. The van der Waals surface area contributed by atoms with Crippen LogP contribution >= 0.6 is 0 Å². The van der Waals surface area contributed by atoms with Gasteiger partial charge in [0.15, 0.2) is 5.82 Å². The number of aromatic nitrogens is 3. The van der Waals surface area contributed by atoms with Gasteiger partial charge in [-0.15, -0.1) is 0 Å². The molecule has 0 bridgehead atoms. The number of hydrogen-bond acceptors (Lipinski definition) is 4. The molecule has 0 aliphatic carbocycles. The van der Waals surface area contributed by atoms with Crippen LogP contribution in [0.1, 0.15) is 35.8 Å². The maximum atomic E-state index is 13.0. The Morgan fingerprint density at radius 1 is 1.19 bits per heavy atom. The van der Waals surface area contributed by atoms with Crippen LogP contribution in [0.3, 0.4) is 0 Å². The van der Waals surface area contributed by atoms with Crippen molar-refractivity contribution in [2.75, 3.05) is 32.7 Å². The predicted molar refractivity (Wildman–Crippen MR) is 93.8 cm³/mol. The number of halogens is 2. The average Bonchev–Trinajstić information content (AvgIpc) is 3.07. The zero-order chi connectivity index (χ0) is 18.7. The van der Waals surface area contributed by atoms with Crippen LogP contribution in [0, 0.1) is 0 Å². The molecule has 3 heterocycles. The van der Waals surface area contributed by atoms with Crippen molar-refractivity contribution in [2.24, 2.45) is 0 Å². The van der Waals surface area contributed by atoms with Crippen molar-refractivity contribution in [1.82, 2.24) is 24.6 Å². The normalized spacial score (nSPS) is 15.8. The van der Waals surface area contributed by atoms with Crippen molar-refractivity contribution in [3.63, 3.8) is 0 Å². The largest absolute Gasteiger partial charge is 0.336 e. The quantitative estimate of drug-likeness (QED) is 0.819. The van der Waals surface area contributed by atoms with Gasteiger partial charge >= 0.3 is 0 Å². The van der Waals surface area contributed by atoms with Crippen molar-refractivity contribution in [3.8, 4) is 5.82 Å². The molecule has 0 atom stereocenters. The second-order valence-electron chi connectivity index (χ2n) is 6.68. The number of nitrogens with zero attached hydrogens (tertiary/aromatic N) is 5. The lowest BCUT2D eigenvalue weighted by molar-refractivity contribution is 0.0458. The fraction of sp³-hybridized carbons (Fsp3) is 0.500. The van der Waals surface area contributed by atoms with Gasteiger partial charge < -0.3 is 4.90 Å². The Morgan fingerprint density at radius 2 is 1.92 bits per heavy atom. The van der Waals surface area contributed by atoms with Gasteiger partial charge in [0, 0.05) is 32.4 Å². The van der Waals surface area contributed by atoms with Crippen LogP contribution in [-0.4, -0.2) is 69.6 Å². The highest BCUT2D eigenvalue weighted by Crippen LogP contribution is 2.24. The van der Waals surface area contributed by atoms with Crippen molar-refractivity contribution >= 4 is 5.91 Å². The van der Waals surface area contributed by atoms with Crippen LogP contribution in [0.15, 0.2) is 30.6 Å². The second-order valence-corrected chi connectivity index (χ2v) is 6.68. The molecule has 0 saturated carbocycles. The van der Waals surface area contributed by atoms with E-state index < -0.39 is 6.43 Å². The molecule has 1 saturated heterocycles. The number of piperazine rings is 1. The second kappa shape index (κ2) is 7.90. The van der Waals surface area contributed by atoms with Crippen LogP contribution in [-0.2, 0) is 0 Å². The third-order valence-electron chi connectivity index (χ3n) is 4.51. The Bertz CT molecular complexity index is 739. The van der Waals surface area contributed by atoms with Gasteiger partial charge in [-0.1, -0.05) is 19.9 Å². The minimum Gasteiger partial charge on any atom is -0.336 e. The molecule has 0 spiro atoms. The molecule has 2 aromatic rings. The third kappa shape index (κ3) is 3.90. The van der Waals surface area contributed by atoms with E-state index in [0.29, 0.717) is 37.6 Å². The molecule has 1 aliphatic rings. The number of amides is 1. The zero-order valence-corrected chi connectivity index (χ0v) is 15.0. The molecule has 0 N–H and O–H groups in total. The number of rotatable bonds is 5. The van der Waals surface area contributed by atoms with E-state index in [0.717, 1.165) is 5.69 Å². The maximum absolute atomic E-state index is 13.0. The van der Waals surface area contributed by atoms with Crippen molar-refractivity contribution in [1.29, 1.82) is 0 Å². The number of pyridine rings is 1. The first-order valence-corrected chi connectivity index (χ1v) is 8.76. The number of carbonyl (C=O) groups is 1. The van der Waals surface area contributed by atoms with E-state index >= 15 is 0 Å². The summed E-state index contributed by atoms with van der Waals surface area (Å²) in [6.45, 7) is 5.58. The van der Waals surface area contributed by atoms with E-state index in [1.807, 2.05) is 32.0 Å². The lowest BCUT2D eigenvalue weighted by Crippen LogP contribution is -2.49. The molecule has 6 nitrogen and oxygen atoms in total. The Morgan fingerprint density at radius 3 is 2.50 bits per heavy atom. The molecule has 26 heavy (non-hydrogen) atoms. The summed E-state index contributed by atoms with van der Waals surface area (Å²) in [6, 6.07) is 5.54. The third-order valence-corrected chi connectivity index (χ3v) is 4.51. The van der Waals surface area contributed by atoms with Crippen LogP contribution < -0.4 is 0 Å². The SMILES string of the molecule is CC(C)c1c(C(=O)N2CCN(CC(F)F)CC2)cnn1-c1ccccn1. The summed E-state index contributed by atoms with van der Waals surface area (Å²) >= 11 is 0. The number of alkyl halides is 2. The standard InChI is InChI=1S/C18H23F2N5O/c1-13(2)17-14(11-22-25(17)16-5-3-4-6-21-16)18(26)24-9-7-23(8-10-24)12-15(19)20/h3-6,11,13,15H,7-10,12H2,1-2H3. The summed E-state index contributed by atoms with van der Waals surface area (Å²) in [6.07, 6.45) is 0.921. The molecule has 0 radical (unpaired) electrons. The Balaban J connectivity index is 1.79. The highest BCUT2D eigenvalue weighted by atomic mass is 19.3. The van der Waals surface area contributed by atoms with Gasteiger partial charge in [-0.05, 0) is 18.1 Å². The van der Waals surface area contributed by atoms with Gasteiger partial charge in [-0.3, -0.25) is 9.69 Å². The molecule has 0 unspecified atom stereocenters. The van der Waals surface area contributed by atoms with E-state index in [-0.39, 0.29) is 18.4 Å². The first-order chi connectivity index (χ1) is 12.5. The number of hydrogen-bond donors (Lipinski definition) is 0. The molecule has 1 fully saturated rings. The highest BCUT2D eigenvalue weighted by molar-refractivity contribution is 5.95.